The van der Waals surface area contributed by atoms with Crippen LogP contribution in [0.1, 0.15) is 380 Å². The van der Waals surface area contributed by atoms with Crippen molar-refractivity contribution in [2.75, 3.05) is 13.2 Å². The number of ether oxygens (including phenoxy) is 3. The van der Waals surface area contributed by atoms with Crippen molar-refractivity contribution in [2.45, 2.75) is 386 Å². The van der Waals surface area contributed by atoms with E-state index in [-0.39, 0.29) is 31.1 Å². The topological polar surface area (TPSA) is 78.9 Å². The van der Waals surface area contributed by atoms with E-state index in [2.05, 4.69) is 81.5 Å². The van der Waals surface area contributed by atoms with Crippen molar-refractivity contribution in [3.05, 3.63) is 60.8 Å². The average molecular weight is 1130 g/mol. The predicted molar refractivity (Wildman–Crippen MR) is 353 cm³/mol. The third-order valence-corrected chi connectivity index (χ3v) is 16.0. The molecule has 0 aliphatic heterocycles. The van der Waals surface area contributed by atoms with Gasteiger partial charge in [-0.05, 0) is 64.2 Å². The van der Waals surface area contributed by atoms with Gasteiger partial charge in [-0.2, -0.15) is 0 Å². The summed E-state index contributed by atoms with van der Waals surface area (Å²) in [5.41, 5.74) is 0. The van der Waals surface area contributed by atoms with Crippen molar-refractivity contribution in [1.82, 2.24) is 0 Å². The first-order valence-electron chi connectivity index (χ1n) is 35.8. The normalized spacial score (nSPS) is 12.4. The summed E-state index contributed by atoms with van der Waals surface area (Å²) in [6.45, 7) is 6.59. The molecule has 1 unspecified atom stereocenters. The van der Waals surface area contributed by atoms with Crippen LogP contribution in [0.25, 0.3) is 0 Å². The highest BCUT2D eigenvalue weighted by Crippen LogP contribution is 2.19. The van der Waals surface area contributed by atoms with Gasteiger partial charge in [0.25, 0.3) is 0 Å². The Morgan fingerprint density at radius 3 is 0.753 bits per heavy atom. The molecule has 0 rings (SSSR count). The maximum absolute atomic E-state index is 13.0. The second kappa shape index (κ2) is 69.6. The first-order chi connectivity index (χ1) is 40.0. The fraction of sp³-hybridized carbons (Fsp3) is 0.827. The highest BCUT2D eigenvalue weighted by Gasteiger charge is 2.19. The molecule has 6 nitrogen and oxygen atoms in total. The first-order valence-corrected chi connectivity index (χ1v) is 35.8. The second-order valence-electron chi connectivity index (χ2n) is 24.1. The third-order valence-electron chi connectivity index (χ3n) is 16.0. The number of carbonyl (C=O) groups excluding carboxylic acids is 3. The summed E-state index contributed by atoms with van der Waals surface area (Å²) < 4.78 is 17.0. The Kier molecular flexibility index (Phi) is 67.1. The molecule has 1 atom stereocenters. The summed E-state index contributed by atoms with van der Waals surface area (Å²) in [5, 5.41) is 0. The molecule has 0 aliphatic rings. The molecule has 81 heavy (non-hydrogen) atoms. The van der Waals surface area contributed by atoms with E-state index in [1.165, 1.54) is 244 Å². The quantitative estimate of drug-likeness (QED) is 0.0261. The highest BCUT2D eigenvalue weighted by molar-refractivity contribution is 5.71. The smallest absolute Gasteiger partial charge is 0.306 e. The van der Waals surface area contributed by atoms with Crippen LogP contribution < -0.4 is 0 Å². The number of allylic oxidation sites excluding steroid dienone is 10. The lowest BCUT2D eigenvalue weighted by Crippen LogP contribution is -2.30. The number of rotatable bonds is 66. The molecule has 0 aromatic rings. The Morgan fingerprint density at radius 2 is 0.481 bits per heavy atom. The number of hydrogen-bond acceptors (Lipinski definition) is 6. The summed E-state index contributed by atoms with van der Waals surface area (Å²) in [5.74, 6) is -0.849. The molecular formula is C75H136O6. The lowest BCUT2D eigenvalue weighted by Gasteiger charge is -2.18. The van der Waals surface area contributed by atoms with Gasteiger partial charge in [0.05, 0.1) is 0 Å². The number of carbonyl (C=O) groups is 3. The molecule has 0 radical (unpaired) electrons. The minimum Gasteiger partial charge on any atom is -0.462 e. The molecule has 0 bridgehead atoms. The maximum Gasteiger partial charge on any atom is 0.306 e. The molecule has 0 saturated heterocycles. The Morgan fingerprint density at radius 1 is 0.259 bits per heavy atom. The predicted octanol–water partition coefficient (Wildman–Crippen LogP) is 24.7. The van der Waals surface area contributed by atoms with Gasteiger partial charge in [0.2, 0.25) is 0 Å². The minimum atomic E-state index is -0.775. The first kappa shape index (κ1) is 78.1. The summed E-state index contributed by atoms with van der Waals surface area (Å²) in [6, 6.07) is 0. The molecule has 0 aromatic carbocycles. The molecular weight excluding hydrogens is 997 g/mol. The van der Waals surface area contributed by atoms with E-state index in [9.17, 15) is 14.4 Å². The van der Waals surface area contributed by atoms with Crippen LogP contribution in [0.4, 0.5) is 0 Å². The number of hydrogen-bond donors (Lipinski definition) is 0. The lowest BCUT2D eigenvalue weighted by molar-refractivity contribution is -0.167. The van der Waals surface area contributed by atoms with Crippen molar-refractivity contribution >= 4 is 17.9 Å². The highest BCUT2D eigenvalue weighted by atomic mass is 16.6. The molecule has 472 valence electrons. The van der Waals surface area contributed by atoms with Gasteiger partial charge in [0, 0.05) is 19.3 Å². The van der Waals surface area contributed by atoms with Crippen molar-refractivity contribution < 1.29 is 28.6 Å². The van der Waals surface area contributed by atoms with Gasteiger partial charge in [-0.3, -0.25) is 14.4 Å². The van der Waals surface area contributed by atoms with Gasteiger partial charge in [-0.1, -0.05) is 358 Å². The Balaban J connectivity index is 4.28. The fourth-order valence-corrected chi connectivity index (χ4v) is 10.7. The van der Waals surface area contributed by atoms with Gasteiger partial charge < -0.3 is 14.2 Å². The lowest BCUT2D eigenvalue weighted by atomic mass is 10.0. The molecule has 6 heteroatoms. The van der Waals surface area contributed by atoms with E-state index >= 15 is 0 Å². The molecule has 0 aliphatic carbocycles. The standard InChI is InChI=1S/C75H136O6/c1-4-7-10-13-16-19-22-25-28-30-32-34-36-38-40-41-43-45-47-50-53-56-59-62-65-68-74(77)80-71-72(70-79-73(76)67-64-61-58-55-52-49-27-24-21-18-15-12-9-6-3)81-75(78)69-66-63-60-57-54-51-48-46-44-42-39-37-35-33-31-29-26-23-20-17-14-11-8-5-2/h7,10,16,19,25,28,32,34,38,40,72H,4-6,8-9,11-15,17-18,20-24,26-27,29-31,33,35-37,39,41-71H2,1-3H3/b10-7-,19-16-,28-25-,34-32-,40-38-. The van der Waals surface area contributed by atoms with Gasteiger partial charge >= 0.3 is 17.9 Å². The van der Waals surface area contributed by atoms with Crippen LogP contribution in [0.3, 0.4) is 0 Å². The average Bonchev–Trinajstić information content (AvgIpc) is 3.47. The zero-order valence-electron chi connectivity index (χ0n) is 54.3. The number of esters is 3. The van der Waals surface area contributed by atoms with E-state index in [4.69, 9.17) is 14.2 Å². The monoisotopic (exact) mass is 1130 g/mol. The molecule has 0 fully saturated rings. The summed E-state index contributed by atoms with van der Waals surface area (Å²) in [4.78, 5) is 38.5. The van der Waals surface area contributed by atoms with Crippen LogP contribution in [0, 0.1) is 0 Å². The van der Waals surface area contributed by atoms with Gasteiger partial charge in [0.1, 0.15) is 13.2 Å². The minimum absolute atomic E-state index is 0.0702. The van der Waals surface area contributed by atoms with Crippen LogP contribution in [-0.2, 0) is 28.6 Å². The Labute approximate surface area is 504 Å². The van der Waals surface area contributed by atoms with E-state index in [1.807, 2.05) is 0 Å². The Bertz CT molecular complexity index is 1440. The largest absolute Gasteiger partial charge is 0.462 e. The third kappa shape index (κ3) is 67.8. The van der Waals surface area contributed by atoms with Crippen LogP contribution in [0.2, 0.25) is 0 Å². The zero-order valence-corrected chi connectivity index (χ0v) is 54.3. The maximum atomic E-state index is 13.0. The van der Waals surface area contributed by atoms with Gasteiger partial charge in [-0.15, -0.1) is 0 Å². The SMILES string of the molecule is CC/C=C\C/C=C\C/C=C\C/C=C\C/C=C\CCCCCCCCCCCC(=O)OCC(COC(=O)CCCCCCCCCCCCCCCC)OC(=O)CCCCCCCCCCCCCCCCCCCCCCCCCC. The Hall–Kier alpha value is -2.89. The summed E-state index contributed by atoms with van der Waals surface area (Å²) in [7, 11) is 0. The van der Waals surface area contributed by atoms with Crippen LogP contribution >= 0.6 is 0 Å². The van der Waals surface area contributed by atoms with E-state index in [0.29, 0.717) is 19.3 Å². The van der Waals surface area contributed by atoms with Crippen LogP contribution in [-0.4, -0.2) is 37.2 Å². The second-order valence-corrected chi connectivity index (χ2v) is 24.1. The van der Waals surface area contributed by atoms with Gasteiger partial charge in [-0.25, -0.2) is 0 Å². The molecule has 0 amide bonds. The molecule has 0 spiro atoms. The van der Waals surface area contributed by atoms with E-state index < -0.39 is 6.10 Å². The van der Waals surface area contributed by atoms with E-state index in [1.54, 1.807) is 0 Å². The van der Waals surface area contributed by atoms with Crippen molar-refractivity contribution in [3.8, 4) is 0 Å². The van der Waals surface area contributed by atoms with E-state index in [0.717, 1.165) is 96.3 Å². The zero-order chi connectivity index (χ0) is 58.5. The van der Waals surface area contributed by atoms with Crippen molar-refractivity contribution in [1.29, 1.82) is 0 Å². The fourth-order valence-electron chi connectivity index (χ4n) is 10.7. The summed E-state index contributed by atoms with van der Waals surface area (Å²) in [6.07, 6.45) is 89.6. The van der Waals surface area contributed by atoms with Crippen LogP contribution in [0.15, 0.2) is 60.8 Å². The van der Waals surface area contributed by atoms with Crippen molar-refractivity contribution in [2.24, 2.45) is 0 Å². The van der Waals surface area contributed by atoms with Crippen LogP contribution in [0.5, 0.6) is 0 Å². The van der Waals surface area contributed by atoms with Crippen molar-refractivity contribution in [3.63, 3.8) is 0 Å². The molecule has 0 aromatic heterocycles. The van der Waals surface area contributed by atoms with Gasteiger partial charge in [0.15, 0.2) is 6.10 Å². The summed E-state index contributed by atoms with van der Waals surface area (Å²) >= 11 is 0. The molecule has 0 N–H and O–H groups in total. The molecule has 0 heterocycles. The number of unbranched alkanes of at least 4 members (excludes halogenated alkanes) is 45. The molecule has 0 saturated carbocycles.